The molecule has 1 fully saturated rings. The number of hydrogen-bond acceptors (Lipinski definition) is 1. The van der Waals surface area contributed by atoms with Crippen LogP contribution in [-0.2, 0) is 0 Å². The Kier molecular flexibility index (Phi) is 2.94. The van der Waals surface area contributed by atoms with E-state index in [0.717, 1.165) is 18.3 Å². The number of aliphatic hydroxyl groups excluding tert-OH is 1. The van der Waals surface area contributed by atoms with Gasteiger partial charge in [0.1, 0.15) is 0 Å². The van der Waals surface area contributed by atoms with E-state index in [9.17, 15) is 5.11 Å². The van der Waals surface area contributed by atoms with Crippen LogP contribution in [0.1, 0.15) is 40.0 Å². The first-order valence-corrected chi connectivity index (χ1v) is 4.83. The molecule has 1 nitrogen and oxygen atoms in total. The standard InChI is InChI=1S/C10H20O/c1-4-9-6-10(11)8(3)5-7(9)2/h7-11H,4-6H2,1-3H3. The lowest BCUT2D eigenvalue weighted by Crippen LogP contribution is -2.32. The van der Waals surface area contributed by atoms with Crippen molar-refractivity contribution in [3.63, 3.8) is 0 Å². The van der Waals surface area contributed by atoms with E-state index in [1.54, 1.807) is 0 Å². The normalized spacial score (nSPS) is 45.8. The molecule has 4 atom stereocenters. The zero-order valence-corrected chi connectivity index (χ0v) is 7.88. The van der Waals surface area contributed by atoms with Crippen molar-refractivity contribution in [2.24, 2.45) is 17.8 Å². The van der Waals surface area contributed by atoms with Crippen LogP contribution in [0.15, 0.2) is 0 Å². The molecule has 0 aromatic rings. The molecule has 0 aromatic heterocycles. The fourth-order valence-corrected chi connectivity index (χ4v) is 2.28. The summed E-state index contributed by atoms with van der Waals surface area (Å²) in [6.07, 6.45) is 3.43. The first-order chi connectivity index (χ1) is 5.15. The Balaban J connectivity index is 2.48. The molecule has 1 heteroatoms. The summed E-state index contributed by atoms with van der Waals surface area (Å²) in [6, 6.07) is 0. The molecule has 0 spiro atoms. The number of aliphatic hydroxyl groups is 1. The predicted molar refractivity (Wildman–Crippen MR) is 47.3 cm³/mol. The van der Waals surface area contributed by atoms with Crippen molar-refractivity contribution in [1.29, 1.82) is 0 Å². The van der Waals surface area contributed by atoms with Gasteiger partial charge < -0.3 is 5.11 Å². The largest absolute Gasteiger partial charge is 0.393 e. The molecule has 0 aromatic carbocycles. The minimum absolute atomic E-state index is 0.0313. The average Bonchev–Trinajstić information content (AvgIpc) is 1.97. The van der Waals surface area contributed by atoms with Crippen LogP contribution in [0.3, 0.4) is 0 Å². The highest BCUT2D eigenvalue weighted by molar-refractivity contribution is 4.80. The maximum Gasteiger partial charge on any atom is 0.0568 e. The van der Waals surface area contributed by atoms with Crippen LogP contribution in [-0.4, -0.2) is 11.2 Å². The van der Waals surface area contributed by atoms with Gasteiger partial charge in [-0.2, -0.15) is 0 Å². The summed E-state index contributed by atoms with van der Waals surface area (Å²) in [5.74, 6) is 2.10. The van der Waals surface area contributed by atoms with Crippen LogP contribution < -0.4 is 0 Å². The smallest absolute Gasteiger partial charge is 0.0568 e. The maximum atomic E-state index is 9.60. The molecular formula is C10H20O. The zero-order chi connectivity index (χ0) is 8.43. The monoisotopic (exact) mass is 156 g/mol. The molecule has 4 unspecified atom stereocenters. The molecule has 0 saturated heterocycles. The summed E-state index contributed by atoms with van der Waals surface area (Å²) in [7, 11) is 0. The van der Waals surface area contributed by atoms with E-state index >= 15 is 0 Å². The lowest BCUT2D eigenvalue weighted by Gasteiger charge is -2.35. The van der Waals surface area contributed by atoms with Gasteiger partial charge in [0.15, 0.2) is 0 Å². The summed E-state index contributed by atoms with van der Waals surface area (Å²) >= 11 is 0. The number of rotatable bonds is 1. The first kappa shape index (κ1) is 9.05. The van der Waals surface area contributed by atoms with Crippen LogP contribution in [0.4, 0.5) is 0 Å². The topological polar surface area (TPSA) is 20.2 Å². The Morgan fingerprint density at radius 3 is 2.36 bits per heavy atom. The Morgan fingerprint density at radius 1 is 1.18 bits per heavy atom. The van der Waals surface area contributed by atoms with Gasteiger partial charge in [0.2, 0.25) is 0 Å². The van der Waals surface area contributed by atoms with E-state index in [0.29, 0.717) is 5.92 Å². The van der Waals surface area contributed by atoms with Gasteiger partial charge in [-0.1, -0.05) is 27.2 Å². The van der Waals surface area contributed by atoms with Crippen LogP contribution >= 0.6 is 0 Å². The second-order valence-electron chi connectivity index (χ2n) is 4.16. The number of hydrogen-bond donors (Lipinski definition) is 1. The van der Waals surface area contributed by atoms with Gasteiger partial charge in [-0.05, 0) is 30.6 Å². The molecule has 0 radical (unpaired) electrons. The van der Waals surface area contributed by atoms with Gasteiger partial charge in [0, 0.05) is 0 Å². The third-order valence-electron chi connectivity index (χ3n) is 3.27. The molecule has 1 rings (SSSR count). The van der Waals surface area contributed by atoms with Gasteiger partial charge >= 0.3 is 0 Å². The van der Waals surface area contributed by atoms with Crippen molar-refractivity contribution in [2.45, 2.75) is 46.1 Å². The summed E-state index contributed by atoms with van der Waals surface area (Å²) < 4.78 is 0. The van der Waals surface area contributed by atoms with E-state index in [2.05, 4.69) is 20.8 Å². The fourth-order valence-electron chi connectivity index (χ4n) is 2.28. The van der Waals surface area contributed by atoms with Gasteiger partial charge in [-0.3, -0.25) is 0 Å². The minimum atomic E-state index is -0.0313. The minimum Gasteiger partial charge on any atom is -0.393 e. The van der Waals surface area contributed by atoms with Crippen molar-refractivity contribution in [2.75, 3.05) is 0 Å². The highest BCUT2D eigenvalue weighted by atomic mass is 16.3. The van der Waals surface area contributed by atoms with Gasteiger partial charge in [0.05, 0.1) is 6.10 Å². The Labute approximate surface area is 69.8 Å². The molecule has 0 bridgehead atoms. The van der Waals surface area contributed by atoms with Crippen LogP contribution in [0, 0.1) is 17.8 Å². The third-order valence-corrected chi connectivity index (χ3v) is 3.27. The van der Waals surface area contributed by atoms with Gasteiger partial charge in [0.25, 0.3) is 0 Å². The Morgan fingerprint density at radius 2 is 1.82 bits per heavy atom. The van der Waals surface area contributed by atoms with Crippen LogP contribution in [0.2, 0.25) is 0 Å². The van der Waals surface area contributed by atoms with Crippen LogP contribution in [0.5, 0.6) is 0 Å². The molecule has 1 N–H and O–H groups in total. The summed E-state index contributed by atoms with van der Waals surface area (Å²) in [5, 5.41) is 9.60. The van der Waals surface area contributed by atoms with Crippen molar-refractivity contribution in [3.05, 3.63) is 0 Å². The molecule has 1 aliphatic carbocycles. The molecule has 0 aliphatic heterocycles. The molecule has 1 aliphatic rings. The summed E-state index contributed by atoms with van der Waals surface area (Å²) in [4.78, 5) is 0. The fraction of sp³-hybridized carbons (Fsp3) is 1.00. The molecule has 0 heterocycles. The molecular weight excluding hydrogens is 136 g/mol. The maximum absolute atomic E-state index is 9.60. The van der Waals surface area contributed by atoms with Gasteiger partial charge in [-0.25, -0.2) is 0 Å². The van der Waals surface area contributed by atoms with Crippen LogP contribution in [0.25, 0.3) is 0 Å². The highest BCUT2D eigenvalue weighted by Crippen LogP contribution is 2.35. The predicted octanol–water partition coefficient (Wildman–Crippen LogP) is 2.44. The summed E-state index contributed by atoms with van der Waals surface area (Å²) in [5.41, 5.74) is 0. The Hall–Kier alpha value is -0.0400. The van der Waals surface area contributed by atoms with Crippen molar-refractivity contribution in [3.8, 4) is 0 Å². The quantitative estimate of drug-likeness (QED) is 0.618. The molecule has 0 amide bonds. The molecule has 1 saturated carbocycles. The van der Waals surface area contributed by atoms with E-state index in [4.69, 9.17) is 0 Å². The van der Waals surface area contributed by atoms with E-state index in [-0.39, 0.29) is 6.10 Å². The van der Waals surface area contributed by atoms with E-state index < -0.39 is 0 Å². The van der Waals surface area contributed by atoms with Crippen molar-refractivity contribution >= 4 is 0 Å². The Bertz CT molecular complexity index is 122. The highest BCUT2D eigenvalue weighted by Gasteiger charge is 2.29. The van der Waals surface area contributed by atoms with Crippen molar-refractivity contribution < 1.29 is 5.11 Å². The molecule has 66 valence electrons. The van der Waals surface area contributed by atoms with E-state index in [1.165, 1.54) is 12.8 Å². The second-order valence-corrected chi connectivity index (χ2v) is 4.16. The SMILES string of the molecule is CCC1CC(O)C(C)CC1C. The van der Waals surface area contributed by atoms with E-state index in [1.807, 2.05) is 0 Å². The van der Waals surface area contributed by atoms with Gasteiger partial charge in [-0.15, -0.1) is 0 Å². The third kappa shape index (κ3) is 1.96. The lowest BCUT2D eigenvalue weighted by atomic mass is 9.73. The average molecular weight is 156 g/mol. The summed E-state index contributed by atoms with van der Waals surface area (Å²) in [6.45, 7) is 6.70. The lowest BCUT2D eigenvalue weighted by molar-refractivity contribution is 0.0264. The first-order valence-electron chi connectivity index (χ1n) is 4.83. The molecule has 11 heavy (non-hydrogen) atoms. The second kappa shape index (κ2) is 3.57. The van der Waals surface area contributed by atoms with Crippen molar-refractivity contribution in [1.82, 2.24) is 0 Å². The zero-order valence-electron chi connectivity index (χ0n) is 7.88.